The van der Waals surface area contributed by atoms with Crippen LogP contribution in [0.5, 0.6) is 0 Å². The zero-order valence-corrected chi connectivity index (χ0v) is 27.8. The van der Waals surface area contributed by atoms with E-state index < -0.39 is 5.97 Å². The maximum Gasteiger partial charge on any atom is 0.308 e. The molecule has 0 amide bonds. The Morgan fingerprint density at radius 2 is 1.12 bits per heavy atom. The Hall–Kier alpha value is -1.62. The van der Waals surface area contributed by atoms with E-state index in [1.807, 2.05) is 6.92 Å². The van der Waals surface area contributed by atoms with Crippen LogP contribution in [0.2, 0.25) is 0 Å². The lowest BCUT2D eigenvalue weighted by atomic mass is 10.0. The van der Waals surface area contributed by atoms with Gasteiger partial charge in [-0.2, -0.15) is 0 Å². The monoisotopic (exact) mass is 593 g/mol. The third-order valence-corrected chi connectivity index (χ3v) is 8.12. The van der Waals surface area contributed by atoms with Gasteiger partial charge in [0, 0.05) is 12.8 Å². The largest absolute Gasteiger partial charge is 0.481 e. The average Bonchev–Trinajstić information content (AvgIpc) is 2.97. The Labute approximate surface area is 260 Å². The molecular formula is C37H68O5. The van der Waals surface area contributed by atoms with Gasteiger partial charge in [0.1, 0.15) is 6.10 Å². The number of carbonyl (C=O) groups is 2. The smallest absolute Gasteiger partial charge is 0.308 e. The van der Waals surface area contributed by atoms with Crippen LogP contribution in [0.1, 0.15) is 181 Å². The van der Waals surface area contributed by atoms with Crippen molar-refractivity contribution in [2.45, 2.75) is 193 Å². The highest BCUT2D eigenvalue weighted by molar-refractivity contribution is 5.72. The standard InChI is InChI=1S/C37H68O5/c1-4-6-8-22-28-34(38)29-23-18-14-12-13-17-21-27-33(3)37(41)42-35(30-24-9-7-5-2)31-25-19-15-10-11-16-20-26-32-36(39)40/h18-19,23,25,33-35,38H,4-17,20-22,24,26-32H2,1-3H3,(H,39,40)/t33?,34-,35-/m1/s1. The minimum atomic E-state index is -0.701. The lowest BCUT2D eigenvalue weighted by Crippen LogP contribution is -2.22. The van der Waals surface area contributed by atoms with Crippen molar-refractivity contribution in [3.8, 4) is 0 Å². The zero-order chi connectivity index (χ0) is 31.1. The van der Waals surface area contributed by atoms with Crippen molar-refractivity contribution in [2.75, 3.05) is 0 Å². The first kappa shape index (κ1) is 40.4. The van der Waals surface area contributed by atoms with Crippen LogP contribution in [0.25, 0.3) is 0 Å². The number of unbranched alkanes of at least 4 members (excludes halogenated alkanes) is 15. The fourth-order valence-corrected chi connectivity index (χ4v) is 5.22. The molecule has 5 nitrogen and oxygen atoms in total. The number of rotatable bonds is 31. The predicted molar refractivity (Wildman–Crippen MR) is 178 cm³/mol. The summed E-state index contributed by atoms with van der Waals surface area (Å²) in [5, 5.41) is 18.7. The lowest BCUT2D eigenvalue weighted by Gasteiger charge is -2.19. The third-order valence-electron chi connectivity index (χ3n) is 8.12. The van der Waals surface area contributed by atoms with Crippen LogP contribution in [0.3, 0.4) is 0 Å². The first-order chi connectivity index (χ1) is 20.4. The molecule has 0 saturated heterocycles. The van der Waals surface area contributed by atoms with E-state index in [1.165, 1.54) is 51.4 Å². The number of aliphatic hydroxyl groups excluding tert-OH is 1. The highest BCUT2D eigenvalue weighted by Gasteiger charge is 2.19. The van der Waals surface area contributed by atoms with Gasteiger partial charge in [-0.05, 0) is 64.2 Å². The summed E-state index contributed by atoms with van der Waals surface area (Å²) >= 11 is 0. The molecule has 1 unspecified atom stereocenters. The molecule has 0 aliphatic heterocycles. The van der Waals surface area contributed by atoms with Gasteiger partial charge in [-0.1, -0.05) is 129 Å². The number of carboxylic acids is 1. The maximum atomic E-state index is 12.8. The third kappa shape index (κ3) is 28.5. The second kappa shape index (κ2) is 30.8. The molecular weight excluding hydrogens is 524 g/mol. The van der Waals surface area contributed by atoms with Crippen LogP contribution in [-0.4, -0.2) is 34.4 Å². The number of carbonyl (C=O) groups excluding carboxylic acids is 1. The normalized spacial score (nSPS) is 14.0. The molecule has 0 aromatic rings. The van der Waals surface area contributed by atoms with E-state index in [0.717, 1.165) is 103 Å². The van der Waals surface area contributed by atoms with Crippen molar-refractivity contribution in [1.29, 1.82) is 0 Å². The van der Waals surface area contributed by atoms with E-state index >= 15 is 0 Å². The van der Waals surface area contributed by atoms with Gasteiger partial charge in [-0.25, -0.2) is 0 Å². The number of esters is 1. The Bertz CT molecular complexity index is 671. The number of aliphatic hydroxyl groups is 1. The highest BCUT2D eigenvalue weighted by atomic mass is 16.5. The van der Waals surface area contributed by atoms with Gasteiger partial charge >= 0.3 is 11.9 Å². The topological polar surface area (TPSA) is 83.8 Å². The summed E-state index contributed by atoms with van der Waals surface area (Å²) in [5.74, 6) is -0.790. The molecule has 0 aliphatic carbocycles. The van der Waals surface area contributed by atoms with E-state index in [1.54, 1.807) is 0 Å². The summed E-state index contributed by atoms with van der Waals surface area (Å²) in [6.07, 6.45) is 34.5. The molecule has 0 rings (SSSR count). The minimum absolute atomic E-state index is 0.0225. The summed E-state index contributed by atoms with van der Waals surface area (Å²) in [5.41, 5.74) is 0. The van der Waals surface area contributed by atoms with Crippen molar-refractivity contribution < 1.29 is 24.5 Å². The minimum Gasteiger partial charge on any atom is -0.481 e. The first-order valence-corrected chi connectivity index (χ1v) is 17.8. The van der Waals surface area contributed by atoms with E-state index in [9.17, 15) is 14.7 Å². The predicted octanol–water partition coefficient (Wildman–Crippen LogP) is 10.9. The van der Waals surface area contributed by atoms with Crippen LogP contribution < -0.4 is 0 Å². The molecule has 42 heavy (non-hydrogen) atoms. The number of carboxylic acid groups (broad SMARTS) is 1. The Morgan fingerprint density at radius 1 is 0.619 bits per heavy atom. The second-order valence-electron chi connectivity index (χ2n) is 12.4. The molecule has 0 saturated carbocycles. The molecule has 3 atom stereocenters. The quantitative estimate of drug-likeness (QED) is 0.0475. The van der Waals surface area contributed by atoms with Crippen LogP contribution in [-0.2, 0) is 14.3 Å². The van der Waals surface area contributed by atoms with Gasteiger partial charge in [-0.3, -0.25) is 9.59 Å². The number of aliphatic carboxylic acids is 1. The van der Waals surface area contributed by atoms with E-state index in [2.05, 4.69) is 38.2 Å². The Balaban J connectivity index is 4.12. The van der Waals surface area contributed by atoms with Gasteiger partial charge < -0.3 is 14.9 Å². The summed E-state index contributed by atoms with van der Waals surface area (Å²) < 4.78 is 5.99. The molecule has 0 radical (unpaired) electrons. The molecule has 0 aliphatic rings. The lowest BCUT2D eigenvalue weighted by molar-refractivity contribution is -0.154. The molecule has 0 bridgehead atoms. The number of hydrogen-bond acceptors (Lipinski definition) is 4. The molecule has 0 spiro atoms. The first-order valence-electron chi connectivity index (χ1n) is 17.8. The summed E-state index contributed by atoms with van der Waals surface area (Å²) in [6, 6.07) is 0. The number of ether oxygens (including phenoxy) is 1. The Morgan fingerprint density at radius 3 is 1.74 bits per heavy atom. The van der Waals surface area contributed by atoms with Crippen molar-refractivity contribution >= 4 is 11.9 Å². The van der Waals surface area contributed by atoms with Crippen LogP contribution >= 0.6 is 0 Å². The number of allylic oxidation sites excluding steroid dienone is 2. The summed E-state index contributed by atoms with van der Waals surface area (Å²) in [4.78, 5) is 23.4. The number of hydrogen-bond donors (Lipinski definition) is 2. The Kier molecular flexibility index (Phi) is 29.6. The second-order valence-corrected chi connectivity index (χ2v) is 12.4. The van der Waals surface area contributed by atoms with Crippen molar-refractivity contribution in [1.82, 2.24) is 0 Å². The van der Waals surface area contributed by atoms with E-state index in [0.29, 0.717) is 0 Å². The molecule has 0 heterocycles. The van der Waals surface area contributed by atoms with Gasteiger partial charge in [0.05, 0.1) is 12.0 Å². The highest BCUT2D eigenvalue weighted by Crippen LogP contribution is 2.18. The molecule has 0 aromatic heterocycles. The van der Waals surface area contributed by atoms with E-state index in [4.69, 9.17) is 9.84 Å². The van der Waals surface area contributed by atoms with Gasteiger partial charge in [0.15, 0.2) is 0 Å². The average molecular weight is 593 g/mol. The molecule has 0 aromatic carbocycles. The molecule has 246 valence electrons. The van der Waals surface area contributed by atoms with Crippen LogP contribution in [0.15, 0.2) is 24.3 Å². The fourth-order valence-electron chi connectivity index (χ4n) is 5.22. The molecule has 5 heteroatoms. The fraction of sp³-hybridized carbons (Fsp3) is 0.838. The van der Waals surface area contributed by atoms with Crippen molar-refractivity contribution in [3.63, 3.8) is 0 Å². The summed E-state index contributed by atoms with van der Waals surface area (Å²) in [6.45, 7) is 6.44. The van der Waals surface area contributed by atoms with Gasteiger partial charge in [0.25, 0.3) is 0 Å². The van der Waals surface area contributed by atoms with E-state index in [-0.39, 0.29) is 30.5 Å². The zero-order valence-electron chi connectivity index (χ0n) is 27.8. The van der Waals surface area contributed by atoms with Crippen LogP contribution in [0.4, 0.5) is 0 Å². The van der Waals surface area contributed by atoms with Crippen molar-refractivity contribution in [2.24, 2.45) is 5.92 Å². The molecule has 2 N–H and O–H groups in total. The van der Waals surface area contributed by atoms with Crippen LogP contribution in [0, 0.1) is 5.92 Å². The van der Waals surface area contributed by atoms with Crippen molar-refractivity contribution in [3.05, 3.63) is 24.3 Å². The molecule has 0 fully saturated rings. The maximum absolute atomic E-state index is 12.8. The summed E-state index contributed by atoms with van der Waals surface area (Å²) in [7, 11) is 0. The van der Waals surface area contributed by atoms with Gasteiger partial charge in [-0.15, -0.1) is 0 Å². The SMILES string of the molecule is CCCCCC[C@@H](O)CC=CCCCCCCC(C)C(=O)O[C@@H](CC=CCCCCCCCC(=O)O)CCCCCC. The van der Waals surface area contributed by atoms with Gasteiger partial charge in [0.2, 0.25) is 0 Å².